The lowest BCUT2D eigenvalue weighted by molar-refractivity contribution is -0.135. The molecule has 2 saturated carbocycles. The summed E-state index contributed by atoms with van der Waals surface area (Å²) < 4.78 is 0. The third-order valence-corrected chi connectivity index (χ3v) is 6.35. The highest BCUT2D eigenvalue weighted by Gasteiger charge is 2.42. The van der Waals surface area contributed by atoms with Crippen LogP contribution < -0.4 is 11.1 Å². The molecule has 5 atom stereocenters. The highest BCUT2D eigenvalue weighted by molar-refractivity contribution is 5.87. The van der Waals surface area contributed by atoms with Gasteiger partial charge in [-0.15, -0.1) is 0 Å². The van der Waals surface area contributed by atoms with E-state index in [2.05, 4.69) is 19.2 Å². The van der Waals surface area contributed by atoms with Gasteiger partial charge in [0.2, 0.25) is 11.8 Å². The molecule has 25 heavy (non-hydrogen) atoms. The Labute approximate surface area is 153 Å². The Morgan fingerprint density at radius 1 is 1.16 bits per heavy atom. The van der Waals surface area contributed by atoms with Gasteiger partial charge in [0, 0.05) is 17.4 Å². The molecule has 2 amide bonds. The first-order valence-corrected chi connectivity index (χ1v) is 10.2. The second-order valence-corrected chi connectivity index (χ2v) is 9.82. The van der Waals surface area contributed by atoms with Crippen molar-refractivity contribution in [3.8, 4) is 0 Å². The van der Waals surface area contributed by atoms with Gasteiger partial charge < -0.3 is 11.1 Å². The van der Waals surface area contributed by atoms with E-state index < -0.39 is 0 Å². The minimum Gasteiger partial charge on any atom is -0.369 e. The van der Waals surface area contributed by atoms with Crippen molar-refractivity contribution in [3.05, 3.63) is 0 Å². The minimum absolute atomic E-state index is 0.00835. The van der Waals surface area contributed by atoms with Gasteiger partial charge in [-0.25, -0.2) is 0 Å². The van der Waals surface area contributed by atoms with Crippen LogP contribution in [0.3, 0.4) is 0 Å². The van der Waals surface area contributed by atoms with E-state index >= 15 is 0 Å². The highest BCUT2D eigenvalue weighted by atomic mass is 16.2. The molecule has 2 fully saturated rings. The van der Waals surface area contributed by atoms with Crippen LogP contribution in [0.4, 0.5) is 0 Å². The zero-order chi connectivity index (χ0) is 18.8. The zero-order valence-corrected chi connectivity index (χ0v) is 16.8. The van der Waals surface area contributed by atoms with Crippen LogP contribution in [0.25, 0.3) is 0 Å². The van der Waals surface area contributed by atoms with Gasteiger partial charge >= 0.3 is 0 Å². The van der Waals surface area contributed by atoms with Crippen molar-refractivity contribution in [1.82, 2.24) is 5.32 Å². The summed E-state index contributed by atoms with van der Waals surface area (Å²) in [6, 6.07) is 0. The molecular formula is C21H38N2O2. The van der Waals surface area contributed by atoms with E-state index in [0.717, 1.165) is 12.8 Å². The van der Waals surface area contributed by atoms with Gasteiger partial charge in [-0.1, -0.05) is 39.5 Å². The average molecular weight is 351 g/mol. The molecule has 0 aliphatic heterocycles. The summed E-state index contributed by atoms with van der Waals surface area (Å²) in [5, 5.41) is 3.10. The molecule has 0 heterocycles. The molecule has 0 spiro atoms. The molecular weight excluding hydrogens is 312 g/mol. The Hall–Kier alpha value is -1.06. The maximum Gasteiger partial charge on any atom is 0.224 e. The topological polar surface area (TPSA) is 72.2 Å². The van der Waals surface area contributed by atoms with Crippen molar-refractivity contribution in [2.75, 3.05) is 0 Å². The monoisotopic (exact) mass is 350 g/mol. The van der Waals surface area contributed by atoms with Crippen molar-refractivity contribution in [3.63, 3.8) is 0 Å². The molecule has 2 rings (SSSR count). The van der Waals surface area contributed by atoms with Gasteiger partial charge in [-0.3, -0.25) is 9.59 Å². The van der Waals surface area contributed by atoms with Gasteiger partial charge in [-0.2, -0.15) is 0 Å². The summed E-state index contributed by atoms with van der Waals surface area (Å²) in [7, 11) is 0. The van der Waals surface area contributed by atoms with E-state index in [1.54, 1.807) is 0 Å². The van der Waals surface area contributed by atoms with E-state index in [0.29, 0.717) is 23.7 Å². The lowest BCUT2D eigenvalue weighted by Crippen LogP contribution is -2.48. The van der Waals surface area contributed by atoms with Gasteiger partial charge in [-0.05, 0) is 63.7 Å². The first-order chi connectivity index (χ1) is 11.6. The standard InChI is InChI=1S/C21H38N2O2/c1-13-10-16(13)12-18(20(25)23-21(3,4)5)17(19(22)24)11-14(2)15-8-6-7-9-15/h13-18H,6-12H2,1-5H3,(H2,22,24)(H,23,25)/t13?,14?,16?,17-,18?/m0/s1. The van der Waals surface area contributed by atoms with Crippen molar-refractivity contribution < 1.29 is 9.59 Å². The molecule has 2 aliphatic rings. The third-order valence-electron chi connectivity index (χ3n) is 6.35. The molecule has 4 unspecified atom stereocenters. The minimum atomic E-state index is -0.342. The molecule has 0 bridgehead atoms. The van der Waals surface area contributed by atoms with Gasteiger partial charge in [0.25, 0.3) is 0 Å². The average Bonchev–Trinajstić information content (AvgIpc) is 2.97. The molecule has 4 nitrogen and oxygen atoms in total. The number of hydrogen-bond donors (Lipinski definition) is 2. The number of carbonyl (C=O) groups excluding carboxylic acids is 2. The Morgan fingerprint density at radius 2 is 1.72 bits per heavy atom. The Kier molecular flexibility index (Phi) is 6.56. The molecule has 144 valence electrons. The summed E-state index contributed by atoms with van der Waals surface area (Å²) in [6.45, 7) is 10.4. The largest absolute Gasteiger partial charge is 0.369 e. The number of carbonyl (C=O) groups is 2. The molecule has 0 aromatic rings. The van der Waals surface area contributed by atoms with E-state index in [1.807, 2.05) is 20.8 Å². The predicted molar refractivity (Wildman–Crippen MR) is 102 cm³/mol. The van der Waals surface area contributed by atoms with Gasteiger partial charge in [0.1, 0.15) is 0 Å². The maximum absolute atomic E-state index is 13.0. The molecule has 4 heteroatoms. The number of primary amides is 1. The van der Waals surface area contributed by atoms with Crippen molar-refractivity contribution in [2.45, 2.75) is 85.1 Å². The maximum atomic E-state index is 13.0. The Morgan fingerprint density at radius 3 is 2.16 bits per heavy atom. The number of rotatable bonds is 8. The number of nitrogens with one attached hydrogen (secondary N) is 1. The van der Waals surface area contributed by atoms with Crippen molar-refractivity contribution in [1.29, 1.82) is 0 Å². The fourth-order valence-electron chi connectivity index (χ4n) is 4.57. The van der Waals surface area contributed by atoms with E-state index in [1.165, 1.54) is 32.1 Å². The highest BCUT2D eigenvalue weighted by Crippen LogP contribution is 2.45. The van der Waals surface area contributed by atoms with E-state index in [9.17, 15) is 9.59 Å². The number of amides is 2. The molecule has 0 aromatic carbocycles. The Balaban J connectivity index is 2.11. The summed E-state index contributed by atoms with van der Waals surface area (Å²) in [5.41, 5.74) is 5.51. The Bertz CT molecular complexity index is 477. The SMILES string of the molecule is CC(C[C@H](C(N)=O)C(CC1CC1C)C(=O)NC(C)(C)C)C1CCCC1. The first-order valence-electron chi connectivity index (χ1n) is 10.2. The lowest BCUT2D eigenvalue weighted by atomic mass is 9.76. The fourth-order valence-corrected chi connectivity index (χ4v) is 4.57. The van der Waals surface area contributed by atoms with Crippen LogP contribution in [0.2, 0.25) is 0 Å². The third kappa shape index (κ3) is 6.00. The zero-order valence-electron chi connectivity index (χ0n) is 16.8. The van der Waals surface area contributed by atoms with Crippen molar-refractivity contribution in [2.24, 2.45) is 41.2 Å². The number of nitrogens with two attached hydrogens (primary N) is 1. The lowest BCUT2D eigenvalue weighted by Gasteiger charge is -2.31. The summed E-state index contributed by atoms with van der Waals surface area (Å²) in [4.78, 5) is 25.2. The van der Waals surface area contributed by atoms with E-state index in [4.69, 9.17) is 5.73 Å². The molecule has 0 saturated heterocycles. The second kappa shape index (κ2) is 8.09. The first kappa shape index (κ1) is 20.3. The van der Waals surface area contributed by atoms with Gasteiger partial charge in [0.15, 0.2) is 0 Å². The smallest absolute Gasteiger partial charge is 0.224 e. The second-order valence-electron chi connectivity index (χ2n) is 9.82. The summed E-state index contributed by atoms with van der Waals surface area (Å²) in [6.07, 6.45) is 7.82. The van der Waals surface area contributed by atoms with Crippen LogP contribution in [-0.2, 0) is 9.59 Å². The summed E-state index contributed by atoms with van der Waals surface area (Å²) in [5.74, 6) is 1.47. The molecule has 2 aliphatic carbocycles. The van der Waals surface area contributed by atoms with Crippen LogP contribution >= 0.6 is 0 Å². The quantitative estimate of drug-likeness (QED) is 0.697. The molecule has 0 aromatic heterocycles. The normalized spacial score (nSPS) is 27.6. The van der Waals surface area contributed by atoms with Crippen LogP contribution in [0.15, 0.2) is 0 Å². The molecule has 3 N–H and O–H groups in total. The van der Waals surface area contributed by atoms with Crippen LogP contribution in [0, 0.1) is 35.5 Å². The van der Waals surface area contributed by atoms with Crippen LogP contribution in [0.1, 0.15) is 79.6 Å². The van der Waals surface area contributed by atoms with Crippen LogP contribution in [0.5, 0.6) is 0 Å². The van der Waals surface area contributed by atoms with Crippen molar-refractivity contribution >= 4 is 11.8 Å². The van der Waals surface area contributed by atoms with Gasteiger partial charge in [0.05, 0.1) is 0 Å². The summed E-state index contributed by atoms with van der Waals surface area (Å²) >= 11 is 0. The van der Waals surface area contributed by atoms with E-state index in [-0.39, 0.29) is 29.2 Å². The number of hydrogen-bond acceptors (Lipinski definition) is 2. The molecule has 0 radical (unpaired) electrons. The fraction of sp³-hybridized carbons (Fsp3) is 0.905. The predicted octanol–water partition coefficient (Wildman–Crippen LogP) is 3.88. The van der Waals surface area contributed by atoms with Crippen LogP contribution in [-0.4, -0.2) is 17.4 Å².